The van der Waals surface area contributed by atoms with Crippen molar-refractivity contribution in [3.8, 4) is 5.75 Å². The molecule has 0 radical (unpaired) electrons. The standard InChI is InChI=1S/C30H26N2OS/c1-21-11-7-8-18-27(21)32-19-24-14-9-12-22(2)28(24)33-30(32)31(26-16-5-4-6-17-26)20-25-15-10-13-23(3)29(25)34-30/h4-20H,1-3H3/q+2. The minimum absolute atomic E-state index is 0.869. The molecule has 3 nitrogen and oxygen atoms in total. The second-order valence-electron chi connectivity index (χ2n) is 8.86. The Labute approximate surface area is 204 Å². The molecule has 4 heteroatoms. The second-order valence-corrected chi connectivity index (χ2v) is 10.0. The van der Waals surface area contributed by atoms with Gasteiger partial charge in [0, 0.05) is 28.7 Å². The number of nitrogens with zero attached hydrogens (tertiary/aromatic N) is 2. The zero-order valence-electron chi connectivity index (χ0n) is 19.5. The maximum atomic E-state index is 7.14. The first-order chi connectivity index (χ1) is 16.6. The van der Waals surface area contributed by atoms with Crippen molar-refractivity contribution in [3.63, 3.8) is 0 Å². The van der Waals surface area contributed by atoms with Crippen LogP contribution in [-0.2, 0) is 0 Å². The number of fused-ring (bicyclic) bond motifs is 2. The third kappa shape index (κ3) is 3.21. The predicted octanol–water partition coefficient (Wildman–Crippen LogP) is 6.95. The maximum Gasteiger partial charge on any atom is 0.584 e. The van der Waals surface area contributed by atoms with Crippen molar-refractivity contribution < 1.29 is 13.9 Å². The van der Waals surface area contributed by atoms with E-state index in [2.05, 4.69) is 133 Å². The van der Waals surface area contributed by atoms with E-state index in [1.54, 1.807) is 11.8 Å². The quantitative estimate of drug-likeness (QED) is 0.300. The van der Waals surface area contributed by atoms with E-state index >= 15 is 0 Å². The first-order valence-corrected chi connectivity index (χ1v) is 12.3. The van der Waals surface area contributed by atoms with Gasteiger partial charge in [0.1, 0.15) is 0 Å². The molecule has 4 aromatic rings. The number of benzene rings is 4. The molecular formula is C30H26N2OS+2. The summed E-state index contributed by atoms with van der Waals surface area (Å²) in [5.41, 5.74) is 8.04. The number of thioether (sulfide) groups is 1. The molecule has 1 atom stereocenters. The van der Waals surface area contributed by atoms with E-state index in [-0.39, 0.29) is 0 Å². The Morgan fingerprint density at radius 2 is 1.26 bits per heavy atom. The van der Waals surface area contributed by atoms with Crippen LogP contribution in [0.1, 0.15) is 27.8 Å². The molecular weight excluding hydrogens is 436 g/mol. The molecule has 4 aromatic carbocycles. The molecule has 0 aromatic heterocycles. The van der Waals surface area contributed by atoms with Crippen molar-refractivity contribution in [2.24, 2.45) is 0 Å². The monoisotopic (exact) mass is 462 g/mol. The summed E-state index contributed by atoms with van der Waals surface area (Å²) in [4.78, 5) is 1.23. The van der Waals surface area contributed by atoms with Crippen molar-refractivity contribution in [3.05, 3.63) is 119 Å². The molecule has 166 valence electrons. The van der Waals surface area contributed by atoms with E-state index in [9.17, 15) is 0 Å². The Bertz CT molecular complexity index is 1490. The van der Waals surface area contributed by atoms with E-state index < -0.39 is 5.18 Å². The SMILES string of the molecule is Cc1ccccc1[N+]1=Cc2cccc(C)c2OC12Sc1c(C)cccc1C=[N+]2c1ccccc1. The minimum atomic E-state index is -0.869. The van der Waals surface area contributed by atoms with Crippen molar-refractivity contribution in [2.45, 2.75) is 30.8 Å². The van der Waals surface area contributed by atoms with Crippen LogP contribution in [0.25, 0.3) is 0 Å². The molecule has 0 aliphatic carbocycles. The first kappa shape index (κ1) is 20.9. The molecule has 0 saturated carbocycles. The number of para-hydroxylation sites is 3. The summed E-state index contributed by atoms with van der Waals surface area (Å²) >= 11 is 1.76. The van der Waals surface area contributed by atoms with E-state index in [1.807, 2.05) is 0 Å². The van der Waals surface area contributed by atoms with Crippen LogP contribution in [0.5, 0.6) is 5.75 Å². The Morgan fingerprint density at radius 3 is 2.06 bits per heavy atom. The summed E-state index contributed by atoms with van der Waals surface area (Å²) < 4.78 is 11.7. The summed E-state index contributed by atoms with van der Waals surface area (Å²) in [5.74, 6) is 0.922. The molecule has 2 aliphatic rings. The summed E-state index contributed by atoms with van der Waals surface area (Å²) in [6.07, 6.45) is 4.48. The number of rotatable bonds is 2. The molecule has 1 spiro atoms. The molecule has 0 amide bonds. The fourth-order valence-electron chi connectivity index (χ4n) is 4.76. The lowest BCUT2D eigenvalue weighted by molar-refractivity contribution is -0.770. The van der Waals surface area contributed by atoms with Gasteiger partial charge in [-0.2, -0.15) is 0 Å². The van der Waals surface area contributed by atoms with Crippen LogP contribution in [0.4, 0.5) is 11.4 Å². The van der Waals surface area contributed by atoms with Crippen molar-refractivity contribution >= 4 is 35.6 Å². The van der Waals surface area contributed by atoms with Crippen LogP contribution in [0.3, 0.4) is 0 Å². The normalized spacial score (nSPS) is 18.4. The van der Waals surface area contributed by atoms with Crippen LogP contribution in [-0.4, -0.2) is 26.8 Å². The average molecular weight is 463 g/mol. The van der Waals surface area contributed by atoms with Crippen LogP contribution in [0.2, 0.25) is 0 Å². The molecule has 1 unspecified atom stereocenters. The van der Waals surface area contributed by atoms with Crippen LogP contribution in [0.15, 0.2) is 95.9 Å². The molecule has 0 fully saturated rings. The Kier molecular flexibility index (Phi) is 4.93. The van der Waals surface area contributed by atoms with Crippen LogP contribution in [0, 0.1) is 20.8 Å². The molecule has 6 rings (SSSR count). The van der Waals surface area contributed by atoms with Crippen molar-refractivity contribution in [2.75, 3.05) is 0 Å². The van der Waals surface area contributed by atoms with Gasteiger partial charge in [0.05, 0.1) is 22.9 Å². The van der Waals surface area contributed by atoms with Crippen LogP contribution < -0.4 is 4.74 Å². The summed E-state index contributed by atoms with van der Waals surface area (Å²) in [5, 5.41) is -0.869. The fourth-order valence-corrected chi connectivity index (χ4v) is 6.12. The van der Waals surface area contributed by atoms with Gasteiger partial charge in [0.2, 0.25) is 11.4 Å². The van der Waals surface area contributed by atoms with Gasteiger partial charge < -0.3 is 4.74 Å². The Hall–Kier alpha value is -3.63. The van der Waals surface area contributed by atoms with E-state index in [1.165, 1.54) is 21.6 Å². The summed E-state index contributed by atoms with van der Waals surface area (Å²) in [7, 11) is 0. The van der Waals surface area contributed by atoms with Gasteiger partial charge in [-0.25, -0.2) is 0 Å². The van der Waals surface area contributed by atoms with E-state index in [0.29, 0.717) is 0 Å². The fraction of sp³-hybridized carbons (Fsp3) is 0.133. The largest absolute Gasteiger partial charge is 0.584 e. The third-order valence-electron chi connectivity index (χ3n) is 6.51. The minimum Gasteiger partial charge on any atom is -0.367 e. The smallest absolute Gasteiger partial charge is 0.367 e. The maximum absolute atomic E-state index is 7.14. The highest BCUT2D eigenvalue weighted by Crippen LogP contribution is 2.49. The Morgan fingerprint density at radius 1 is 0.618 bits per heavy atom. The van der Waals surface area contributed by atoms with Gasteiger partial charge in [0.15, 0.2) is 18.2 Å². The topological polar surface area (TPSA) is 15.2 Å². The summed E-state index contributed by atoms with van der Waals surface area (Å²) in [6.45, 7) is 6.45. The van der Waals surface area contributed by atoms with Crippen molar-refractivity contribution in [1.29, 1.82) is 0 Å². The zero-order chi connectivity index (χ0) is 23.3. The highest BCUT2D eigenvalue weighted by molar-refractivity contribution is 8.00. The number of hydrogen-bond acceptors (Lipinski definition) is 2. The third-order valence-corrected chi connectivity index (χ3v) is 8.01. The molecule has 0 N–H and O–H groups in total. The van der Waals surface area contributed by atoms with Gasteiger partial charge >= 0.3 is 5.18 Å². The molecule has 2 heterocycles. The van der Waals surface area contributed by atoms with Gasteiger partial charge in [-0.15, -0.1) is 0 Å². The Balaban J connectivity index is 1.71. The molecule has 0 bridgehead atoms. The van der Waals surface area contributed by atoms with Crippen molar-refractivity contribution in [1.82, 2.24) is 0 Å². The number of hydrogen-bond donors (Lipinski definition) is 0. The lowest BCUT2D eigenvalue weighted by atomic mass is 10.1. The van der Waals surface area contributed by atoms with E-state index in [0.717, 1.165) is 28.3 Å². The zero-order valence-corrected chi connectivity index (χ0v) is 20.3. The van der Waals surface area contributed by atoms with Gasteiger partial charge in [-0.3, -0.25) is 0 Å². The average Bonchev–Trinajstić information content (AvgIpc) is 2.86. The highest BCUT2D eigenvalue weighted by atomic mass is 32.2. The highest BCUT2D eigenvalue weighted by Gasteiger charge is 2.64. The van der Waals surface area contributed by atoms with Gasteiger partial charge in [-0.05, 0) is 44.0 Å². The predicted molar refractivity (Wildman–Crippen MR) is 139 cm³/mol. The lowest BCUT2D eigenvalue weighted by Gasteiger charge is -2.32. The molecule has 0 saturated heterocycles. The summed E-state index contributed by atoms with van der Waals surface area (Å²) in [6, 6.07) is 31.8. The second kappa shape index (κ2) is 8.00. The van der Waals surface area contributed by atoms with Gasteiger partial charge in [-0.1, -0.05) is 69.8 Å². The first-order valence-electron chi connectivity index (χ1n) is 11.5. The van der Waals surface area contributed by atoms with E-state index in [4.69, 9.17) is 4.74 Å². The number of aryl methyl sites for hydroxylation is 3. The van der Waals surface area contributed by atoms with Crippen LogP contribution >= 0.6 is 11.8 Å². The molecule has 2 aliphatic heterocycles. The lowest BCUT2D eigenvalue weighted by Crippen LogP contribution is -2.55. The van der Waals surface area contributed by atoms with Gasteiger partial charge in [0.25, 0.3) is 0 Å². The number of ether oxygens (including phenoxy) is 1. The molecule has 34 heavy (non-hydrogen) atoms.